The van der Waals surface area contributed by atoms with Crippen LogP contribution in [0.2, 0.25) is 0 Å². The Morgan fingerprint density at radius 2 is 0.875 bits per heavy atom. The molecular weight excluding hydrogens is 482 g/mol. The smallest absolute Gasteiger partial charge is 0.0786 e. The summed E-state index contributed by atoms with van der Waals surface area (Å²) in [5, 5.41) is 10.5. The summed E-state index contributed by atoms with van der Waals surface area (Å²) in [6, 6.07) is 45.0. The van der Waals surface area contributed by atoms with E-state index in [-0.39, 0.29) is 0 Å². The van der Waals surface area contributed by atoms with Gasteiger partial charge in [0.25, 0.3) is 0 Å². The Hall–Kier alpha value is -5.27. The summed E-state index contributed by atoms with van der Waals surface area (Å²) in [7, 11) is 0. The molecule has 0 bridgehead atoms. The topological polar surface area (TPSA) is 12.9 Å². The number of aromatic nitrogens is 1. The maximum absolute atomic E-state index is 4.77. The van der Waals surface area contributed by atoms with Crippen LogP contribution < -0.4 is 0 Å². The zero-order valence-electron chi connectivity index (χ0n) is 21.6. The lowest BCUT2D eigenvalue weighted by Crippen LogP contribution is -1.89. The molecule has 40 heavy (non-hydrogen) atoms. The van der Waals surface area contributed by atoms with Crippen LogP contribution >= 0.6 is 0 Å². The highest BCUT2D eigenvalue weighted by Crippen LogP contribution is 2.52. The molecule has 2 aliphatic carbocycles. The van der Waals surface area contributed by atoms with Crippen molar-refractivity contribution in [1.29, 1.82) is 0 Å². The summed E-state index contributed by atoms with van der Waals surface area (Å²) >= 11 is 0. The normalized spacial score (nSPS) is 12.5. The first kappa shape index (κ1) is 20.7. The minimum Gasteiger partial charge on any atom is -0.256 e. The molecule has 0 radical (unpaired) electrons. The highest BCUT2D eigenvalue weighted by molar-refractivity contribution is 6.29. The number of fused-ring (bicyclic) bond motifs is 10. The van der Waals surface area contributed by atoms with Gasteiger partial charge in [-0.25, -0.2) is 0 Å². The van der Waals surface area contributed by atoms with E-state index in [0.29, 0.717) is 0 Å². The molecule has 10 rings (SSSR count). The summed E-state index contributed by atoms with van der Waals surface area (Å²) in [5.74, 6) is 0. The highest BCUT2D eigenvalue weighted by Gasteiger charge is 2.26. The Morgan fingerprint density at radius 3 is 1.75 bits per heavy atom. The monoisotopic (exact) mass is 503 g/mol. The molecule has 1 nitrogen and oxygen atoms in total. The quantitative estimate of drug-likeness (QED) is 0.203. The molecule has 1 heteroatoms. The van der Waals surface area contributed by atoms with E-state index >= 15 is 0 Å². The molecule has 1 heterocycles. The Bertz CT molecular complexity index is 2400. The van der Waals surface area contributed by atoms with E-state index in [1.807, 2.05) is 12.3 Å². The van der Waals surface area contributed by atoms with Crippen LogP contribution in [0.4, 0.5) is 0 Å². The molecule has 0 N–H and O–H groups in total. The van der Waals surface area contributed by atoms with Gasteiger partial charge in [0.05, 0.1) is 5.69 Å². The second-order valence-electron chi connectivity index (χ2n) is 11.1. The lowest BCUT2D eigenvalue weighted by Gasteiger charge is -2.16. The van der Waals surface area contributed by atoms with Crippen LogP contribution in [0.15, 0.2) is 128 Å². The first-order valence-electron chi connectivity index (χ1n) is 13.9. The highest BCUT2D eigenvalue weighted by atomic mass is 14.7. The first-order chi connectivity index (χ1) is 19.9. The minimum absolute atomic E-state index is 1.09. The van der Waals surface area contributed by atoms with Crippen LogP contribution in [0.3, 0.4) is 0 Å². The molecule has 0 saturated carbocycles. The van der Waals surface area contributed by atoms with Crippen LogP contribution in [0.1, 0.15) is 0 Å². The van der Waals surface area contributed by atoms with E-state index in [1.54, 1.807) is 0 Å². The summed E-state index contributed by atoms with van der Waals surface area (Å²) in [5.41, 5.74) is 12.8. The van der Waals surface area contributed by atoms with Gasteiger partial charge >= 0.3 is 0 Å². The maximum Gasteiger partial charge on any atom is 0.0786 e. The van der Waals surface area contributed by atoms with Crippen molar-refractivity contribution in [3.63, 3.8) is 0 Å². The van der Waals surface area contributed by atoms with Crippen LogP contribution in [0, 0.1) is 0 Å². The minimum atomic E-state index is 1.09. The van der Waals surface area contributed by atoms with E-state index in [9.17, 15) is 0 Å². The summed E-state index contributed by atoms with van der Waals surface area (Å²) in [6.07, 6.45) is 1.90. The third-order valence-corrected chi connectivity index (χ3v) is 9.19. The molecule has 0 amide bonds. The number of benzene rings is 7. The van der Waals surface area contributed by atoms with Crippen molar-refractivity contribution in [1.82, 2.24) is 4.98 Å². The SMILES string of the molecule is c1ccc2c(c1)-c1cccc3c1c-2cc1c2ccccc2c(-c2ccc4c5c(cccc25)-c2cccnc2-4)cc31. The third kappa shape index (κ3) is 2.42. The molecule has 182 valence electrons. The van der Waals surface area contributed by atoms with Crippen LogP contribution in [-0.4, -0.2) is 4.98 Å². The fourth-order valence-electron chi connectivity index (χ4n) is 7.57. The molecule has 1 aromatic heterocycles. The Balaban J connectivity index is 1.36. The lowest BCUT2D eigenvalue weighted by atomic mass is 9.87. The van der Waals surface area contributed by atoms with Crippen molar-refractivity contribution in [3.05, 3.63) is 128 Å². The molecule has 2 aliphatic rings. The van der Waals surface area contributed by atoms with E-state index < -0.39 is 0 Å². The van der Waals surface area contributed by atoms with Crippen molar-refractivity contribution < 1.29 is 0 Å². The molecule has 0 aliphatic heterocycles. The molecule has 8 aromatic rings. The molecule has 7 aromatic carbocycles. The van der Waals surface area contributed by atoms with Crippen molar-refractivity contribution in [2.45, 2.75) is 0 Å². The molecule has 0 atom stereocenters. The van der Waals surface area contributed by atoms with Gasteiger partial charge in [0, 0.05) is 17.3 Å². The van der Waals surface area contributed by atoms with Gasteiger partial charge in [-0.15, -0.1) is 0 Å². The summed E-state index contributed by atoms with van der Waals surface area (Å²) in [6.45, 7) is 0. The largest absolute Gasteiger partial charge is 0.256 e. The number of hydrogen-bond donors (Lipinski definition) is 0. The molecular formula is C39H21N. The van der Waals surface area contributed by atoms with E-state index in [4.69, 9.17) is 4.98 Å². The standard InChI is InChI=1S/C39H21N/c1-4-11-25-22(8-1)27-12-6-15-30-35-20-33(23-9-2-3-10-24(23)34(35)21-36(25)38(27)30)26-17-18-32-37-28(26)13-5-14-29(37)31-16-7-19-40-39(31)32/h1-21H. The zero-order valence-corrected chi connectivity index (χ0v) is 21.6. The average molecular weight is 504 g/mol. The Labute approximate surface area is 231 Å². The maximum atomic E-state index is 4.77. The molecule has 0 spiro atoms. The van der Waals surface area contributed by atoms with Crippen molar-refractivity contribution in [3.8, 4) is 55.8 Å². The van der Waals surface area contributed by atoms with E-state index in [2.05, 4.69) is 115 Å². The zero-order chi connectivity index (χ0) is 25.9. The molecule has 0 fully saturated rings. The van der Waals surface area contributed by atoms with Crippen LogP contribution in [0.25, 0.3) is 98.9 Å². The summed E-state index contributed by atoms with van der Waals surface area (Å²) in [4.78, 5) is 4.77. The summed E-state index contributed by atoms with van der Waals surface area (Å²) < 4.78 is 0. The van der Waals surface area contributed by atoms with Gasteiger partial charge < -0.3 is 0 Å². The predicted molar refractivity (Wildman–Crippen MR) is 169 cm³/mol. The Kier molecular flexibility index (Phi) is 3.73. The van der Waals surface area contributed by atoms with Gasteiger partial charge in [-0.1, -0.05) is 103 Å². The fourth-order valence-corrected chi connectivity index (χ4v) is 7.57. The number of nitrogens with zero attached hydrogens (tertiary/aromatic N) is 1. The van der Waals surface area contributed by atoms with Gasteiger partial charge in [0.15, 0.2) is 0 Å². The van der Waals surface area contributed by atoms with E-state index in [1.165, 1.54) is 93.2 Å². The third-order valence-electron chi connectivity index (χ3n) is 9.19. The van der Waals surface area contributed by atoms with Gasteiger partial charge in [0.1, 0.15) is 0 Å². The van der Waals surface area contributed by atoms with Crippen LogP contribution in [-0.2, 0) is 0 Å². The van der Waals surface area contributed by atoms with Crippen molar-refractivity contribution in [2.24, 2.45) is 0 Å². The van der Waals surface area contributed by atoms with Crippen molar-refractivity contribution in [2.75, 3.05) is 0 Å². The number of pyridine rings is 1. The second-order valence-corrected chi connectivity index (χ2v) is 11.1. The first-order valence-corrected chi connectivity index (χ1v) is 13.9. The molecule has 0 saturated heterocycles. The van der Waals surface area contributed by atoms with Gasteiger partial charge in [-0.2, -0.15) is 0 Å². The number of hydrogen-bond acceptors (Lipinski definition) is 1. The Morgan fingerprint density at radius 1 is 0.300 bits per heavy atom. The second kappa shape index (κ2) is 7.22. The fraction of sp³-hybridized carbons (Fsp3) is 0. The predicted octanol–water partition coefficient (Wildman–Crippen LogP) is 10.7. The van der Waals surface area contributed by atoms with Crippen molar-refractivity contribution >= 4 is 43.1 Å². The van der Waals surface area contributed by atoms with Gasteiger partial charge in [-0.05, 0) is 100 Å². The average Bonchev–Trinajstić information content (AvgIpc) is 3.52. The molecule has 0 unspecified atom stereocenters. The van der Waals surface area contributed by atoms with Gasteiger partial charge in [-0.3, -0.25) is 4.98 Å². The van der Waals surface area contributed by atoms with Crippen LogP contribution in [0.5, 0.6) is 0 Å². The van der Waals surface area contributed by atoms with Gasteiger partial charge in [0.2, 0.25) is 0 Å². The lowest BCUT2D eigenvalue weighted by molar-refractivity contribution is 1.35. The van der Waals surface area contributed by atoms with E-state index in [0.717, 1.165) is 5.69 Å². The number of rotatable bonds is 1.